The monoisotopic (exact) mass is 304 g/mol. The van der Waals surface area contributed by atoms with Crippen LogP contribution in [0, 0.1) is 0 Å². The predicted molar refractivity (Wildman–Crippen MR) is 101 cm³/mol. The van der Waals surface area contributed by atoms with E-state index in [1.807, 2.05) is 24.5 Å². The molecule has 2 nitrogen and oxygen atoms in total. The average Bonchev–Trinajstić information content (AvgIpc) is 2.66. The van der Waals surface area contributed by atoms with Crippen molar-refractivity contribution in [3.05, 3.63) is 73.1 Å². The zero-order chi connectivity index (χ0) is 15.7. The summed E-state index contributed by atoms with van der Waals surface area (Å²) < 4.78 is 0. The lowest BCUT2D eigenvalue weighted by atomic mass is 9.89. The smallest absolute Gasteiger partial charge is 0.0793 e. The summed E-state index contributed by atoms with van der Waals surface area (Å²) in [6, 6.07) is 21.5. The van der Waals surface area contributed by atoms with E-state index < -0.39 is 0 Å². The fourth-order valence-electron chi connectivity index (χ4n) is 4.10. The number of nitrogens with zero attached hydrogens (tertiary/aromatic N) is 2. The van der Waals surface area contributed by atoms with Crippen LogP contribution in [0.3, 0.4) is 0 Å². The van der Waals surface area contributed by atoms with Gasteiger partial charge in [0.25, 0.3) is 0 Å². The van der Waals surface area contributed by atoms with Crippen LogP contribution in [0.2, 0.25) is 0 Å². The van der Waals surface area contributed by atoms with Crippen LogP contribution in [0.5, 0.6) is 0 Å². The van der Waals surface area contributed by atoms with Crippen molar-refractivity contribution < 1.29 is 0 Å². The Morgan fingerprint density at radius 3 is 2.29 bits per heavy atom. The van der Waals surface area contributed by atoms with Gasteiger partial charge in [-0.05, 0) is 39.7 Å². The maximum absolute atomic E-state index is 4.75. The van der Waals surface area contributed by atoms with Crippen LogP contribution in [0.1, 0.15) is 0 Å². The van der Waals surface area contributed by atoms with Gasteiger partial charge < -0.3 is 0 Å². The van der Waals surface area contributed by atoms with Gasteiger partial charge in [-0.1, -0.05) is 42.5 Å². The lowest BCUT2D eigenvalue weighted by Gasteiger charge is -2.15. The normalized spacial score (nSPS) is 12.2. The van der Waals surface area contributed by atoms with Gasteiger partial charge in [-0.3, -0.25) is 9.97 Å². The molecule has 0 fully saturated rings. The molecule has 0 aliphatic heterocycles. The maximum Gasteiger partial charge on any atom is 0.0793 e. The Morgan fingerprint density at radius 1 is 0.542 bits per heavy atom. The minimum absolute atomic E-state index is 1.02. The van der Waals surface area contributed by atoms with Crippen molar-refractivity contribution in [1.29, 1.82) is 0 Å². The van der Waals surface area contributed by atoms with Crippen molar-refractivity contribution in [2.75, 3.05) is 0 Å². The molecule has 0 spiro atoms. The van der Waals surface area contributed by atoms with Crippen molar-refractivity contribution in [1.82, 2.24) is 9.97 Å². The molecular formula is C22H12N2. The summed E-state index contributed by atoms with van der Waals surface area (Å²) in [6.45, 7) is 0. The molecule has 0 saturated heterocycles. The van der Waals surface area contributed by atoms with Crippen LogP contribution in [-0.2, 0) is 0 Å². The van der Waals surface area contributed by atoms with Gasteiger partial charge in [0.05, 0.1) is 11.0 Å². The van der Waals surface area contributed by atoms with Crippen LogP contribution in [0.25, 0.3) is 54.1 Å². The summed E-state index contributed by atoms with van der Waals surface area (Å²) >= 11 is 0. The van der Waals surface area contributed by atoms with E-state index in [4.69, 9.17) is 4.98 Å². The van der Waals surface area contributed by atoms with Crippen molar-refractivity contribution in [3.63, 3.8) is 0 Å². The predicted octanol–water partition coefficient (Wildman–Crippen LogP) is 5.68. The molecule has 2 heteroatoms. The zero-order valence-electron chi connectivity index (χ0n) is 12.8. The maximum atomic E-state index is 4.75. The van der Waals surface area contributed by atoms with E-state index in [0.717, 1.165) is 11.0 Å². The third-order valence-corrected chi connectivity index (χ3v) is 5.06. The van der Waals surface area contributed by atoms with Gasteiger partial charge in [0.1, 0.15) is 0 Å². The molecule has 6 aromatic rings. The van der Waals surface area contributed by atoms with Gasteiger partial charge in [-0.15, -0.1) is 0 Å². The summed E-state index contributed by atoms with van der Waals surface area (Å²) in [7, 11) is 0. The van der Waals surface area contributed by atoms with Gasteiger partial charge in [0, 0.05) is 33.9 Å². The standard InChI is InChI=1S/C22H12N2/c1-4-13-8-9-14-12-18-17(7-3-10-23-18)21-20(14)19(13)15(5-1)16-6-2-11-24-22(16)21/h1-12H. The van der Waals surface area contributed by atoms with Crippen LogP contribution >= 0.6 is 0 Å². The molecule has 0 aliphatic rings. The van der Waals surface area contributed by atoms with Gasteiger partial charge in [0.15, 0.2) is 0 Å². The van der Waals surface area contributed by atoms with Crippen LogP contribution in [-0.4, -0.2) is 9.97 Å². The first kappa shape index (κ1) is 12.2. The number of fused-ring (bicyclic) bond motifs is 5. The quantitative estimate of drug-likeness (QED) is 0.266. The molecule has 0 saturated carbocycles. The van der Waals surface area contributed by atoms with Crippen LogP contribution in [0.15, 0.2) is 73.1 Å². The third kappa shape index (κ3) is 1.36. The van der Waals surface area contributed by atoms with E-state index in [-0.39, 0.29) is 0 Å². The Morgan fingerprint density at radius 2 is 1.33 bits per heavy atom. The first-order chi connectivity index (χ1) is 11.9. The fourth-order valence-corrected chi connectivity index (χ4v) is 4.10. The lowest BCUT2D eigenvalue weighted by molar-refractivity contribution is 1.42. The highest BCUT2D eigenvalue weighted by Crippen LogP contribution is 2.42. The Hall–Kier alpha value is -3.26. The van der Waals surface area contributed by atoms with Crippen LogP contribution < -0.4 is 0 Å². The number of benzene rings is 4. The second-order valence-electron chi connectivity index (χ2n) is 6.29. The van der Waals surface area contributed by atoms with Crippen LogP contribution in [0.4, 0.5) is 0 Å². The topological polar surface area (TPSA) is 25.8 Å². The van der Waals surface area contributed by atoms with E-state index in [1.165, 1.54) is 43.1 Å². The molecule has 0 bridgehead atoms. The number of rotatable bonds is 0. The SMILES string of the molecule is c1cnc2c(c1)c1cccc3ccc4cc5ncccc5c2c4c31. The number of hydrogen-bond donors (Lipinski definition) is 0. The first-order valence-corrected chi connectivity index (χ1v) is 8.11. The Kier molecular flexibility index (Phi) is 2.12. The molecule has 0 amide bonds. The van der Waals surface area contributed by atoms with Gasteiger partial charge in [-0.25, -0.2) is 0 Å². The molecule has 0 aliphatic carbocycles. The van der Waals surface area contributed by atoms with E-state index in [2.05, 4.69) is 53.5 Å². The van der Waals surface area contributed by atoms with E-state index in [9.17, 15) is 0 Å². The average molecular weight is 304 g/mol. The van der Waals surface area contributed by atoms with Crippen molar-refractivity contribution >= 4 is 54.1 Å². The van der Waals surface area contributed by atoms with E-state index in [1.54, 1.807) is 0 Å². The zero-order valence-corrected chi connectivity index (χ0v) is 12.8. The molecule has 0 unspecified atom stereocenters. The van der Waals surface area contributed by atoms with Gasteiger partial charge in [0.2, 0.25) is 0 Å². The first-order valence-electron chi connectivity index (χ1n) is 8.11. The second-order valence-corrected chi connectivity index (χ2v) is 6.29. The summed E-state index contributed by atoms with van der Waals surface area (Å²) in [6.07, 6.45) is 3.74. The third-order valence-electron chi connectivity index (χ3n) is 5.06. The molecule has 2 heterocycles. The van der Waals surface area contributed by atoms with Gasteiger partial charge in [-0.2, -0.15) is 0 Å². The number of hydrogen-bond acceptors (Lipinski definition) is 2. The molecule has 6 rings (SSSR count). The van der Waals surface area contributed by atoms with E-state index >= 15 is 0 Å². The summed E-state index contributed by atoms with van der Waals surface area (Å²) in [5.41, 5.74) is 2.09. The molecule has 0 atom stereocenters. The van der Waals surface area contributed by atoms with Crippen molar-refractivity contribution in [2.45, 2.75) is 0 Å². The molecule has 110 valence electrons. The highest BCUT2D eigenvalue weighted by molar-refractivity contribution is 6.37. The Bertz CT molecular complexity index is 1390. The molecule has 0 N–H and O–H groups in total. The fraction of sp³-hybridized carbons (Fsp3) is 0. The summed E-state index contributed by atoms with van der Waals surface area (Å²) in [5.74, 6) is 0. The molecule has 2 aromatic heterocycles. The highest BCUT2D eigenvalue weighted by atomic mass is 14.7. The molecule has 4 aromatic carbocycles. The minimum atomic E-state index is 1.02. The summed E-state index contributed by atoms with van der Waals surface area (Å²) in [4.78, 5) is 9.34. The van der Waals surface area contributed by atoms with Crippen molar-refractivity contribution in [2.24, 2.45) is 0 Å². The molecule has 0 radical (unpaired) electrons. The Labute approximate surface area is 137 Å². The molecule has 24 heavy (non-hydrogen) atoms. The highest BCUT2D eigenvalue weighted by Gasteiger charge is 2.16. The van der Waals surface area contributed by atoms with Gasteiger partial charge >= 0.3 is 0 Å². The van der Waals surface area contributed by atoms with E-state index in [0.29, 0.717) is 0 Å². The van der Waals surface area contributed by atoms with Crippen molar-refractivity contribution in [3.8, 4) is 0 Å². The number of aromatic nitrogens is 2. The Balaban J connectivity index is 2.15. The largest absolute Gasteiger partial charge is 0.256 e. The minimum Gasteiger partial charge on any atom is -0.256 e. The number of pyridine rings is 2. The summed E-state index contributed by atoms with van der Waals surface area (Å²) in [5, 5.41) is 10.0. The second kappa shape index (κ2) is 4.18. The lowest BCUT2D eigenvalue weighted by Crippen LogP contribution is -1.90. The molecular weight excluding hydrogens is 292 g/mol.